The van der Waals surface area contributed by atoms with Crippen LogP contribution in [0.25, 0.3) is 0 Å². The Morgan fingerprint density at radius 2 is 1.84 bits per heavy atom. The second-order valence-corrected chi connectivity index (χ2v) is 4.37. The Balaban J connectivity index is 3.47. The summed E-state index contributed by atoms with van der Waals surface area (Å²) >= 11 is 0. The Kier molecular flexibility index (Phi) is 12.2. The molecule has 0 bridgehead atoms. The number of unbranched alkanes of at least 4 members (excludes halogenated alkanes) is 2. The van der Waals surface area contributed by atoms with Crippen LogP contribution in [0.5, 0.6) is 0 Å². The van der Waals surface area contributed by atoms with E-state index >= 15 is 0 Å². The van der Waals surface area contributed by atoms with Gasteiger partial charge in [0.15, 0.2) is 0 Å². The number of rotatable bonds is 10. The van der Waals surface area contributed by atoms with E-state index in [1.54, 1.807) is 13.0 Å². The smallest absolute Gasteiger partial charge is 0.330 e. The fraction of sp³-hybridized carbons (Fsp3) is 0.562. The monoisotopic (exact) mass is 266 g/mol. The predicted molar refractivity (Wildman–Crippen MR) is 78.8 cm³/mol. The lowest BCUT2D eigenvalue weighted by Crippen LogP contribution is -1.98. The summed E-state index contributed by atoms with van der Waals surface area (Å²) in [4.78, 5) is 11.0. The number of carbonyl (C=O) groups excluding carboxylic acids is 1. The number of hydrogen-bond donors (Lipinski definition) is 1. The van der Waals surface area contributed by atoms with Crippen molar-refractivity contribution in [2.24, 2.45) is 0 Å². The van der Waals surface area contributed by atoms with Gasteiger partial charge in [-0.05, 0) is 46.0 Å². The minimum Gasteiger partial charge on any atom is -0.463 e. The van der Waals surface area contributed by atoms with Crippen LogP contribution in [0.2, 0.25) is 0 Å². The number of hydrogen-bond acceptors (Lipinski definition) is 3. The van der Waals surface area contributed by atoms with Crippen LogP contribution in [0, 0.1) is 0 Å². The van der Waals surface area contributed by atoms with Crippen LogP contribution in [0.4, 0.5) is 0 Å². The Morgan fingerprint density at radius 3 is 2.53 bits per heavy atom. The summed E-state index contributed by atoms with van der Waals surface area (Å²) < 4.78 is 4.75. The van der Waals surface area contributed by atoms with Crippen molar-refractivity contribution in [2.75, 3.05) is 6.61 Å². The molecule has 19 heavy (non-hydrogen) atoms. The molecule has 0 saturated carbocycles. The third-order valence-electron chi connectivity index (χ3n) is 2.43. The van der Waals surface area contributed by atoms with Gasteiger partial charge < -0.3 is 9.84 Å². The summed E-state index contributed by atoms with van der Waals surface area (Å²) in [5, 5.41) is 9.08. The van der Waals surface area contributed by atoms with E-state index in [-0.39, 0.29) is 12.1 Å². The highest BCUT2D eigenvalue weighted by Gasteiger charge is 1.92. The van der Waals surface area contributed by atoms with Crippen LogP contribution >= 0.6 is 0 Å². The molecule has 0 aromatic carbocycles. The van der Waals surface area contributed by atoms with Crippen molar-refractivity contribution in [3.63, 3.8) is 0 Å². The van der Waals surface area contributed by atoms with Crippen LogP contribution in [0.3, 0.4) is 0 Å². The molecule has 0 aliphatic heterocycles. The molecule has 0 aliphatic carbocycles. The summed E-state index contributed by atoms with van der Waals surface area (Å²) in [5.41, 5.74) is 0. The maximum Gasteiger partial charge on any atom is 0.330 e. The third-order valence-corrected chi connectivity index (χ3v) is 2.43. The van der Waals surface area contributed by atoms with Gasteiger partial charge in [0.25, 0.3) is 0 Å². The number of esters is 1. The van der Waals surface area contributed by atoms with E-state index in [9.17, 15) is 4.79 Å². The maximum absolute atomic E-state index is 11.0. The van der Waals surface area contributed by atoms with Gasteiger partial charge in [0.2, 0.25) is 0 Å². The fourth-order valence-electron chi connectivity index (χ4n) is 1.46. The molecule has 1 N–H and O–H groups in total. The van der Waals surface area contributed by atoms with Gasteiger partial charge in [0, 0.05) is 6.08 Å². The maximum atomic E-state index is 11.0. The first-order valence-electron chi connectivity index (χ1n) is 6.99. The van der Waals surface area contributed by atoms with Crippen LogP contribution in [0.15, 0.2) is 36.5 Å². The summed E-state index contributed by atoms with van der Waals surface area (Å²) in [7, 11) is 0. The molecule has 0 radical (unpaired) electrons. The lowest BCUT2D eigenvalue weighted by molar-refractivity contribution is -0.137. The van der Waals surface area contributed by atoms with E-state index < -0.39 is 0 Å². The Morgan fingerprint density at radius 1 is 1.16 bits per heavy atom. The van der Waals surface area contributed by atoms with Crippen molar-refractivity contribution < 1.29 is 14.6 Å². The molecule has 0 unspecified atom stereocenters. The topological polar surface area (TPSA) is 46.5 Å². The van der Waals surface area contributed by atoms with Crippen molar-refractivity contribution >= 4 is 5.97 Å². The summed E-state index contributed by atoms with van der Waals surface area (Å²) in [6, 6.07) is 0. The molecule has 0 heterocycles. The van der Waals surface area contributed by atoms with Crippen molar-refractivity contribution in [3.8, 4) is 0 Å². The van der Waals surface area contributed by atoms with Gasteiger partial charge >= 0.3 is 5.97 Å². The van der Waals surface area contributed by atoms with Crippen molar-refractivity contribution in [3.05, 3.63) is 36.5 Å². The lowest BCUT2D eigenvalue weighted by Gasteiger charge is -1.99. The number of allylic oxidation sites excluding steroid dienone is 5. The van der Waals surface area contributed by atoms with Crippen LogP contribution in [-0.2, 0) is 9.53 Å². The second kappa shape index (κ2) is 13.1. The molecule has 108 valence electrons. The Hall–Kier alpha value is -1.35. The predicted octanol–water partition coefficient (Wildman–Crippen LogP) is 3.55. The van der Waals surface area contributed by atoms with E-state index in [0.29, 0.717) is 6.61 Å². The average molecular weight is 266 g/mol. The molecule has 3 nitrogen and oxygen atoms in total. The lowest BCUT2D eigenvalue weighted by atomic mass is 10.1. The SMILES string of the molecule is CCOC(=O)C=C/C=C/CC/C=C/CCC[C@@H](C)O. The highest BCUT2D eigenvalue weighted by Crippen LogP contribution is 2.02. The molecular formula is C16H26O3. The molecule has 0 amide bonds. The van der Waals surface area contributed by atoms with E-state index in [1.165, 1.54) is 6.08 Å². The van der Waals surface area contributed by atoms with E-state index in [0.717, 1.165) is 32.1 Å². The zero-order valence-electron chi connectivity index (χ0n) is 12.0. The first-order chi connectivity index (χ1) is 9.16. The molecular weight excluding hydrogens is 240 g/mol. The highest BCUT2D eigenvalue weighted by molar-refractivity contribution is 5.82. The van der Waals surface area contributed by atoms with Gasteiger partial charge in [-0.15, -0.1) is 0 Å². The van der Waals surface area contributed by atoms with Crippen LogP contribution < -0.4 is 0 Å². The van der Waals surface area contributed by atoms with Gasteiger partial charge in [-0.3, -0.25) is 0 Å². The molecule has 0 saturated heterocycles. The van der Waals surface area contributed by atoms with Crippen LogP contribution in [-0.4, -0.2) is 23.8 Å². The number of aliphatic hydroxyl groups excluding tert-OH is 1. The standard InChI is InChI=1S/C16H26O3/c1-3-19-16(18)14-12-10-8-6-4-5-7-9-11-13-15(2)17/h5,7-8,10,12,14-15,17H,3-4,6,9,11,13H2,1-2H3/b7-5+,10-8+,14-12?/t15-/m1/s1. The molecule has 0 aromatic rings. The van der Waals surface area contributed by atoms with E-state index in [2.05, 4.69) is 12.2 Å². The molecule has 3 heteroatoms. The van der Waals surface area contributed by atoms with Crippen molar-refractivity contribution in [1.29, 1.82) is 0 Å². The van der Waals surface area contributed by atoms with E-state index in [1.807, 2.05) is 19.1 Å². The first-order valence-corrected chi connectivity index (χ1v) is 6.99. The fourth-order valence-corrected chi connectivity index (χ4v) is 1.46. The summed E-state index contributed by atoms with van der Waals surface area (Å²) in [6.07, 6.45) is 16.0. The average Bonchev–Trinajstić information content (AvgIpc) is 2.36. The van der Waals surface area contributed by atoms with Gasteiger partial charge in [0.1, 0.15) is 0 Å². The molecule has 0 spiro atoms. The van der Waals surface area contributed by atoms with Crippen LogP contribution in [0.1, 0.15) is 46.0 Å². The van der Waals surface area contributed by atoms with E-state index in [4.69, 9.17) is 9.84 Å². The van der Waals surface area contributed by atoms with Gasteiger partial charge in [0.05, 0.1) is 12.7 Å². The number of carbonyl (C=O) groups is 1. The molecule has 0 aromatic heterocycles. The molecule has 0 aliphatic rings. The van der Waals surface area contributed by atoms with Crippen molar-refractivity contribution in [2.45, 2.75) is 52.1 Å². The van der Waals surface area contributed by atoms with Crippen molar-refractivity contribution in [1.82, 2.24) is 0 Å². The minimum absolute atomic E-state index is 0.192. The zero-order chi connectivity index (χ0) is 14.3. The molecule has 1 atom stereocenters. The first kappa shape index (κ1) is 17.6. The van der Waals surface area contributed by atoms with Gasteiger partial charge in [-0.1, -0.05) is 30.4 Å². The largest absolute Gasteiger partial charge is 0.463 e. The van der Waals surface area contributed by atoms with Gasteiger partial charge in [-0.25, -0.2) is 4.79 Å². The second-order valence-electron chi connectivity index (χ2n) is 4.37. The quantitative estimate of drug-likeness (QED) is 0.216. The normalized spacial score (nSPS) is 13.6. The molecule has 0 fully saturated rings. The summed E-state index contributed by atoms with van der Waals surface area (Å²) in [6.45, 7) is 4.01. The molecule has 0 rings (SSSR count). The Labute approximate surface area is 116 Å². The minimum atomic E-state index is -0.301. The number of ether oxygens (including phenoxy) is 1. The Bertz CT molecular complexity index is 301. The van der Waals surface area contributed by atoms with Gasteiger partial charge in [-0.2, -0.15) is 0 Å². The zero-order valence-corrected chi connectivity index (χ0v) is 12.0. The summed E-state index contributed by atoms with van der Waals surface area (Å²) in [5.74, 6) is -0.301. The third kappa shape index (κ3) is 14.6. The number of aliphatic hydroxyl groups is 1. The highest BCUT2D eigenvalue weighted by atomic mass is 16.5.